The van der Waals surface area contributed by atoms with Gasteiger partial charge in [0.15, 0.2) is 0 Å². The van der Waals surface area contributed by atoms with Crippen molar-refractivity contribution < 1.29 is 17.9 Å². The first-order valence-electron chi connectivity index (χ1n) is 9.77. The van der Waals surface area contributed by atoms with Gasteiger partial charge < -0.3 is 10.1 Å². The number of carbonyl (C=O) groups is 1. The van der Waals surface area contributed by atoms with E-state index in [1.54, 1.807) is 25.1 Å². The maximum atomic E-state index is 13.1. The smallest absolute Gasteiger partial charge is 0.242 e. The van der Waals surface area contributed by atoms with E-state index in [2.05, 4.69) is 10.0 Å². The van der Waals surface area contributed by atoms with E-state index < -0.39 is 22.0 Å². The summed E-state index contributed by atoms with van der Waals surface area (Å²) >= 11 is 18.2. The second-order valence-electron chi connectivity index (χ2n) is 7.23. The van der Waals surface area contributed by atoms with E-state index >= 15 is 0 Å². The minimum atomic E-state index is -4.04. The molecule has 0 saturated heterocycles. The quantitative estimate of drug-likeness (QED) is 0.379. The molecule has 33 heavy (non-hydrogen) atoms. The lowest BCUT2D eigenvalue weighted by Gasteiger charge is -2.20. The normalized spacial score (nSPS) is 12.3. The van der Waals surface area contributed by atoms with Crippen molar-refractivity contribution in [3.63, 3.8) is 0 Å². The number of aryl methyl sites for hydroxylation is 1. The Morgan fingerprint density at radius 3 is 2.27 bits per heavy atom. The molecule has 3 aromatic carbocycles. The summed E-state index contributed by atoms with van der Waals surface area (Å²) in [5, 5.41) is 3.24. The van der Waals surface area contributed by atoms with E-state index in [-0.39, 0.29) is 32.1 Å². The average molecular weight is 528 g/mol. The number of sulfonamides is 1. The van der Waals surface area contributed by atoms with Crippen LogP contribution in [-0.4, -0.2) is 27.5 Å². The number of hydrogen-bond donors (Lipinski definition) is 2. The molecule has 0 aliphatic rings. The summed E-state index contributed by atoms with van der Waals surface area (Å²) in [5.41, 5.74) is 1.63. The number of benzene rings is 3. The summed E-state index contributed by atoms with van der Waals surface area (Å²) in [5.74, 6) is -0.0465. The third-order valence-electron chi connectivity index (χ3n) is 4.84. The summed E-state index contributed by atoms with van der Waals surface area (Å²) in [4.78, 5) is 13.2. The zero-order valence-electron chi connectivity index (χ0n) is 17.7. The first-order chi connectivity index (χ1) is 15.6. The van der Waals surface area contributed by atoms with Gasteiger partial charge in [-0.05, 0) is 54.8 Å². The molecule has 10 heteroatoms. The van der Waals surface area contributed by atoms with Crippen LogP contribution in [0.1, 0.15) is 11.1 Å². The predicted octanol–water partition coefficient (Wildman–Crippen LogP) is 5.49. The van der Waals surface area contributed by atoms with Crippen molar-refractivity contribution in [3.8, 4) is 5.75 Å². The predicted molar refractivity (Wildman–Crippen MR) is 132 cm³/mol. The fraction of sp³-hybridized carbons (Fsp3) is 0.174. The molecule has 0 bridgehead atoms. The van der Waals surface area contributed by atoms with Crippen molar-refractivity contribution in [1.29, 1.82) is 0 Å². The van der Waals surface area contributed by atoms with Crippen molar-refractivity contribution in [2.45, 2.75) is 24.3 Å². The van der Waals surface area contributed by atoms with Gasteiger partial charge in [-0.2, -0.15) is 4.72 Å². The fourth-order valence-corrected chi connectivity index (χ4v) is 5.02. The molecule has 1 amide bonds. The molecule has 0 aliphatic heterocycles. The summed E-state index contributed by atoms with van der Waals surface area (Å²) in [6.45, 7) is 1.73. The Morgan fingerprint density at radius 1 is 0.970 bits per heavy atom. The number of carbonyl (C=O) groups excluding carboxylic acids is 1. The number of hydrogen-bond acceptors (Lipinski definition) is 4. The van der Waals surface area contributed by atoms with Crippen molar-refractivity contribution in [2.24, 2.45) is 0 Å². The molecule has 0 heterocycles. The van der Waals surface area contributed by atoms with Gasteiger partial charge in [0.25, 0.3) is 0 Å². The molecule has 1 atom stereocenters. The number of anilines is 1. The maximum Gasteiger partial charge on any atom is 0.242 e. The third kappa shape index (κ3) is 6.40. The number of methoxy groups -OCH3 is 1. The minimum absolute atomic E-state index is 0.0132. The Balaban J connectivity index is 1.91. The van der Waals surface area contributed by atoms with Crippen LogP contribution in [0.15, 0.2) is 65.6 Å². The highest BCUT2D eigenvalue weighted by Crippen LogP contribution is 2.32. The largest absolute Gasteiger partial charge is 0.496 e. The zero-order chi connectivity index (χ0) is 24.2. The summed E-state index contributed by atoms with van der Waals surface area (Å²) in [7, 11) is -2.53. The highest BCUT2D eigenvalue weighted by atomic mass is 35.5. The fourth-order valence-electron chi connectivity index (χ4n) is 3.15. The molecule has 0 aromatic heterocycles. The van der Waals surface area contributed by atoms with E-state index in [0.717, 1.165) is 5.56 Å². The Kier molecular flexibility index (Phi) is 8.26. The summed E-state index contributed by atoms with van der Waals surface area (Å²) in [6, 6.07) is 15.2. The molecule has 1 unspecified atom stereocenters. The second-order valence-corrected chi connectivity index (χ2v) is 10.2. The average Bonchev–Trinajstić information content (AvgIpc) is 2.77. The van der Waals surface area contributed by atoms with Crippen molar-refractivity contribution in [2.75, 3.05) is 12.4 Å². The molecule has 0 radical (unpaired) electrons. The second kappa shape index (κ2) is 10.8. The number of halogens is 3. The monoisotopic (exact) mass is 526 g/mol. The van der Waals surface area contributed by atoms with Crippen molar-refractivity contribution >= 4 is 56.4 Å². The van der Waals surface area contributed by atoms with Gasteiger partial charge >= 0.3 is 0 Å². The van der Waals surface area contributed by atoms with Crippen LogP contribution in [0.2, 0.25) is 15.1 Å². The molecular weight excluding hydrogens is 507 g/mol. The van der Waals surface area contributed by atoms with Gasteiger partial charge in [0.2, 0.25) is 15.9 Å². The Hall–Kier alpha value is -2.29. The molecule has 0 fully saturated rings. The van der Waals surface area contributed by atoms with Gasteiger partial charge in [0.1, 0.15) is 11.8 Å². The summed E-state index contributed by atoms with van der Waals surface area (Å²) < 4.78 is 33.9. The number of rotatable bonds is 8. The minimum Gasteiger partial charge on any atom is -0.496 e. The molecule has 0 aliphatic carbocycles. The van der Waals surface area contributed by atoms with Gasteiger partial charge in [-0.25, -0.2) is 8.42 Å². The molecule has 3 aromatic rings. The van der Waals surface area contributed by atoms with Gasteiger partial charge in [-0.3, -0.25) is 4.79 Å². The molecule has 0 saturated carbocycles. The van der Waals surface area contributed by atoms with Crippen LogP contribution in [0.25, 0.3) is 0 Å². The number of ether oxygens (including phenoxy) is 1. The third-order valence-corrected chi connectivity index (χ3v) is 7.35. The lowest BCUT2D eigenvalue weighted by Crippen LogP contribution is -2.45. The highest BCUT2D eigenvalue weighted by molar-refractivity contribution is 7.89. The SMILES string of the molecule is COc1ccc(S(=O)(=O)NC(Cc2ccccc2)C(=O)Nc2cc(Cl)c(Cl)cc2Cl)cc1C. The lowest BCUT2D eigenvalue weighted by atomic mass is 10.1. The Labute approximate surface area is 207 Å². The first-order valence-corrected chi connectivity index (χ1v) is 12.4. The standard InChI is InChI=1S/C23H21Cl3N2O4S/c1-14-10-16(8-9-22(14)32-2)33(30,31)28-21(11-15-6-4-3-5-7-15)23(29)27-20-13-18(25)17(24)12-19(20)26/h3-10,12-13,21,28H,11H2,1-2H3,(H,27,29). The van der Waals surface area contributed by atoms with Gasteiger partial charge in [-0.1, -0.05) is 65.1 Å². The Morgan fingerprint density at radius 2 is 1.64 bits per heavy atom. The van der Waals surface area contributed by atoms with Crippen LogP contribution in [-0.2, 0) is 21.2 Å². The zero-order valence-corrected chi connectivity index (χ0v) is 20.8. The van der Waals surface area contributed by atoms with Gasteiger partial charge in [0.05, 0.1) is 32.8 Å². The molecule has 6 nitrogen and oxygen atoms in total. The molecule has 2 N–H and O–H groups in total. The van der Waals surface area contributed by atoms with Crippen molar-refractivity contribution in [3.05, 3.63) is 86.9 Å². The lowest BCUT2D eigenvalue weighted by molar-refractivity contribution is -0.117. The molecular formula is C23H21Cl3N2O4S. The highest BCUT2D eigenvalue weighted by Gasteiger charge is 2.27. The van der Waals surface area contributed by atoms with E-state index in [4.69, 9.17) is 39.5 Å². The van der Waals surface area contributed by atoms with Gasteiger partial charge in [-0.15, -0.1) is 0 Å². The van der Waals surface area contributed by atoms with Crippen LogP contribution < -0.4 is 14.8 Å². The van der Waals surface area contributed by atoms with Crippen molar-refractivity contribution in [1.82, 2.24) is 4.72 Å². The van der Waals surface area contributed by atoms with Crippen LogP contribution in [0, 0.1) is 6.92 Å². The van der Waals surface area contributed by atoms with E-state index in [1.165, 1.54) is 31.4 Å². The maximum absolute atomic E-state index is 13.1. The van der Waals surface area contributed by atoms with E-state index in [0.29, 0.717) is 11.3 Å². The molecule has 3 rings (SSSR count). The first kappa shape index (κ1) is 25.3. The number of amides is 1. The van der Waals surface area contributed by atoms with Gasteiger partial charge in [0, 0.05) is 0 Å². The van der Waals surface area contributed by atoms with Crippen LogP contribution >= 0.6 is 34.8 Å². The van der Waals surface area contributed by atoms with E-state index in [9.17, 15) is 13.2 Å². The summed E-state index contributed by atoms with van der Waals surface area (Å²) in [6.07, 6.45) is 0.111. The van der Waals surface area contributed by atoms with Crippen LogP contribution in [0.5, 0.6) is 5.75 Å². The van der Waals surface area contributed by atoms with Crippen LogP contribution in [0.4, 0.5) is 5.69 Å². The molecule has 0 spiro atoms. The number of nitrogens with one attached hydrogen (secondary N) is 2. The Bertz CT molecular complexity index is 1270. The topological polar surface area (TPSA) is 84.5 Å². The van der Waals surface area contributed by atoms with E-state index in [1.807, 2.05) is 18.2 Å². The van der Waals surface area contributed by atoms with Crippen LogP contribution in [0.3, 0.4) is 0 Å². The molecule has 174 valence electrons.